The SMILES string of the molecule is Nc1c(C(=O)NCCc2nccs2)sc2ccc(F)cc12. The van der Waals surface area contributed by atoms with Crippen LogP contribution in [-0.4, -0.2) is 17.4 Å². The molecule has 0 aliphatic heterocycles. The lowest BCUT2D eigenvalue weighted by Crippen LogP contribution is -2.25. The predicted octanol–water partition coefficient (Wildman–Crippen LogP) is 3.05. The third kappa shape index (κ3) is 2.88. The summed E-state index contributed by atoms with van der Waals surface area (Å²) in [6.07, 6.45) is 2.42. The van der Waals surface area contributed by atoms with E-state index in [9.17, 15) is 9.18 Å². The number of halogens is 1. The first kappa shape index (κ1) is 14.0. The molecule has 108 valence electrons. The van der Waals surface area contributed by atoms with Crippen LogP contribution in [0.1, 0.15) is 14.7 Å². The summed E-state index contributed by atoms with van der Waals surface area (Å²) in [5.41, 5.74) is 6.28. The van der Waals surface area contributed by atoms with Crippen molar-refractivity contribution in [3.05, 3.63) is 45.5 Å². The lowest BCUT2D eigenvalue weighted by Gasteiger charge is -2.02. The molecule has 0 saturated carbocycles. The molecule has 4 nitrogen and oxygen atoms in total. The van der Waals surface area contributed by atoms with Crippen LogP contribution in [0, 0.1) is 5.82 Å². The highest BCUT2D eigenvalue weighted by molar-refractivity contribution is 7.21. The Morgan fingerprint density at radius 1 is 1.43 bits per heavy atom. The van der Waals surface area contributed by atoms with Crippen LogP contribution in [0.5, 0.6) is 0 Å². The van der Waals surface area contributed by atoms with E-state index in [0.29, 0.717) is 28.9 Å². The normalized spacial score (nSPS) is 10.9. The maximum atomic E-state index is 13.2. The van der Waals surface area contributed by atoms with Crippen molar-refractivity contribution in [3.8, 4) is 0 Å². The molecule has 0 atom stereocenters. The molecule has 0 saturated heterocycles. The second-order valence-corrected chi connectivity index (χ2v) is 6.45. The van der Waals surface area contributed by atoms with Gasteiger partial charge in [-0.05, 0) is 18.2 Å². The molecular weight excluding hydrogens is 309 g/mol. The van der Waals surface area contributed by atoms with Gasteiger partial charge in [-0.3, -0.25) is 4.79 Å². The molecular formula is C14H12FN3OS2. The number of hydrogen-bond donors (Lipinski definition) is 2. The second kappa shape index (κ2) is 5.79. The van der Waals surface area contributed by atoms with E-state index >= 15 is 0 Å². The first-order valence-electron chi connectivity index (χ1n) is 6.29. The van der Waals surface area contributed by atoms with Gasteiger partial charge in [0, 0.05) is 34.6 Å². The molecule has 0 radical (unpaired) electrons. The predicted molar refractivity (Wildman–Crippen MR) is 84.3 cm³/mol. The topological polar surface area (TPSA) is 68.0 Å². The monoisotopic (exact) mass is 321 g/mol. The van der Waals surface area contributed by atoms with E-state index in [4.69, 9.17) is 5.73 Å². The molecule has 0 fully saturated rings. The van der Waals surface area contributed by atoms with Crippen molar-refractivity contribution in [2.75, 3.05) is 12.3 Å². The van der Waals surface area contributed by atoms with Crippen molar-refractivity contribution >= 4 is 44.4 Å². The number of nitrogens with zero attached hydrogens (tertiary/aromatic N) is 1. The van der Waals surface area contributed by atoms with Crippen LogP contribution in [0.2, 0.25) is 0 Å². The molecule has 2 heterocycles. The summed E-state index contributed by atoms with van der Waals surface area (Å²) in [6.45, 7) is 0.494. The average Bonchev–Trinajstić information content (AvgIpc) is 3.08. The summed E-state index contributed by atoms with van der Waals surface area (Å²) in [7, 11) is 0. The first-order valence-corrected chi connectivity index (χ1v) is 7.99. The van der Waals surface area contributed by atoms with Crippen molar-refractivity contribution in [1.82, 2.24) is 10.3 Å². The van der Waals surface area contributed by atoms with Crippen LogP contribution in [0.15, 0.2) is 29.8 Å². The van der Waals surface area contributed by atoms with Crippen LogP contribution in [0.25, 0.3) is 10.1 Å². The fourth-order valence-electron chi connectivity index (χ4n) is 2.00. The van der Waals surface area contributed by atoms with E-state index in [1.165, 1.54) is 23.5 Å². The standard InChI is InChI=1S/C14H12FN3OS2/c15-8-1-2-10-9(7-8)12(16)13(21-10)14(19)18-4-3-11-17-5-6-20-11/h1-2,5-7H,3-4,16H2,(H,18,19). The zero-order valence-electron chi connectivity index (χ0n) is 10.9. The molecule has 2 aromatic heterocycles. The molecule has 7 heteroatoms. The largest absolute Gasteiger partial charge is 0.397 e. The van der Waals surface area contributed by atoms with Crippen molar-refractivity contribution in [2.24, 2.45) is 0 Å². The van der Waals surface area contributed by atoms with Crippen LogP contribution in [-0.2, 0) is 6.42 Å². The van der Waals surface area contributed by atoms with Gasteiger partial charge in [0.05, 0.1) is 10.7 Å². The zero-order chi connectivity index (χ0) is 14.8. The Labute approximate surface area is 128 Å². The smallest absolute Gasteiger partial charge is 0.263 e. The molecule has 0 aliphatic rings. The van der Waals surface area contributed by atoms with E-state index in [-0.39, 0.29) is 11.7 Å². The number of benzene rings is 1. The van der Waals surface area contributed by atoms with Gasteiger partial charge in [0.1, 0.15) is 10.7 Å². The molecule has 0 bridgehead atoms. The Morgan fingerprint density at radius 3 is 3.05 bits per heavy atom. The Kier molecular flexibility index (Phi) is 3.85. The fraction of sp³-hybridized carbons (Fsp3) is 0.143. The molecule has 1 amide bonds. The molecule has 3 rings (SSSR count). The van der Waals surface area contributed by atoms with Gasteiger partial charge in [0.25, 0.3) is 5.91 Å². The van der Waals surface area contributed by atoms with Crippen LogP contribution in [0.3, 0.4) is 0 Å². The minimum atomic E-state index is -0.359. The van der Waals surface area contributed by atoms with Crippen LogP contribution >= 0.6 is 22.7 Å². The highest BCUT2D eigenvalue weighted by Crippen LogP contribution is 2.33. The third-order valence-corrected chi connectivity index (χ3v) is 5.03. The van der Waals surface area contributed by atoms with Crippen molar-refractivity contribution in [2.45, 2.75) is 6.42 Å². The van der Waals surface area contributed by atoms with E-state index in [2.05, 4.69) is 10.3 Å². The lowest BCUT2D eigenvalue weighted by molar-refractivity contribution is 0.0959. The fourth-order valence-corrected chi connectivity index (χ4v) is 3.64. The number of aromatic nitrogens is 1. The number of anilines is 1. The highest BCUT2D eigenvalue weighted by Gasteiger charge is 2.16. The molecule has 3 aromatic rings. The van der Waals surface area contributed by atoms with E-state index in [0.717, 1.165) is 9.71 Å². The average molecular weight is 321 g/mol. The Bertz CT molecular complexity index is 783. The number of nitrogen functional groups attached to an aromatic ring is 1. The first-order chi connectivity index (χ1) is 10.1. The van der Waals surface area contributed by atoms with Gasteiger partial charge >= 0.3 is 0 Å². The van der Waals surface area contributed by atoms with Gasteiger partial charge in [-0.25, -0.2) is 9.37 Å². The minimum absolute atomic E-state index is 0.231. The number of rotatable bonds is 4. The van der Waals surface area contributed by atoms with E-state index in [1.807, 2.05) is 5.38 Å². The van der Waals surface area contributed by atoms with Gasteiger partial charge in [-0.15, -0.1) is 22.7 Å². The maximum absolute atomic E-state index is 13.2. The summed E-state index contributed by atoms with van der Waals surface area (Å²) in [5.74, 6) is -0.589. The number of thiophene rings is 1. The summed E-state index contributed by atoms with van der Waals surface area (Å²) in [6, 6.07) is 4.36. The maximum Gasteiger partial charge on any atom is 0.263 e. The number of carbonyl (C=O) groups excluding carboxylic acids is 1. The quantitative estimate of drug-likeness (QED) is 0.776. The summed E-state index contributed by atoms with van der Waals surface area (Å²) in [5, 5.41) is 6.28. The molecule has 21 heavy (non-hydrogen) atoms. The van der Waals surface area contributed by atoms with Gasteiger partial charge in [0.2, 0.25) is 0 Å². The number of nitrogens with two attached hydrogens (primary N) is 1. The van der Waals surface area contributed by atoms with Crippen LogP contribution in [0.4, 0.5) is 10.1 Å². The summed E-state index contributed by atoms with van der Waals surface area (Å²) < 4.78 is 14.0. The van der Waals surface area contributed by atoms with E-state index < -0.39 is 0 Å². The lowest BCUT2D eigenvalue weighted by atomic mass is 10.2. The Balaban J connectivity index is 1.73. The van der Waals surface area contributed by atoms with Gasteiger partial charge < -0.3 is 11.1 Å². The van der Waals surface area contributed by atoms with Crippen molar-refractivity contribution < 1.29 is 9.18 Å². The summed E-state index contributed by atoms with van der Waals surface area (Å²) in [4.78, 5) is 16.7. The van der Waals surface area contributed by atoms with Crippen molar-refractivity contribution in [3.63, 3.8) is 0 Å². The van der Waals surface area contributed by atoms with Gasteiger partial charge in [0.15, 0.2) is 0 Å². The Hall–Kier alpha value is -1.99. The number of amides is 1. The number of nitrogens with one attached hydrogen (secondary N) is 1. The number of hydrogen-bond acceptors (Lipinski definition) is 5. The molecule has 0 aliphatic carbocycles. The van der Waals surface area contributed by atoms with Gasteiger partial charge in [-0.1, -0.05) is 0 Å². The number of fused-ring (bicyclic) bond motifs is 1. The third-order valence-electron chi connectivity index (χ3n) is 3.00. The van der Waals surface area contributed by atoms with E-state index in [1.54, 1.807) is 23.6 Å². The molecule has 1 aromatic carbocycles. The molecule has 3 N–H and O–H groups in total. The highest BCUT2D eigenvalue weighted by atomic mass is 32.1. The number of thiazole rings is 1. The Morgan fingerprint density at radius 2 is 2.29 bits per heavy atom. The van der Waals surface area contributed by atoms with Crippen molar-refractivity contribution in [1.29, 1.82) is 0 Å². The molecule has 0 spiro atoms. The zero-order valence-corrected chi connectivity index (χ0v) is 12.6. The molecule has 0 unspecified atom stereocenters. The minimum Gasteiger partial charge on any atom is -0.397 e. The van der Waals surface area contributed by atoms with Crippen LogP contribution < -0.4 is 11.1 Å². The van der Waals surface area contributed by atoms with Gasteiger partial charge in [-0.2, -0.15) is 0 Å². The summed E-state index contributed by atoms with van der Waals surface area (Å²) >= 11 is 2.82. The number of carbonyl (C=O) groups is 1. The second-order valence-electron chi connectivity index (χ2n) is 4.42.